The maximum atomic E-state index is 13.4. The SMILES string of the molecule is COc1ccccc1NS(=O)(=O)c1cc(NC(=O)c2cc(F)cc(F)c2)ccc1C. The summed E-state index contributed by atoms with van der Waals surface area (Å²) in [6.45, 7) is 1.60. The van der Waals surface area contributed by atoms with Gasteiger partial charge in [-0.25, -0.2) is 17.2 Å². The van der Waals surface area contributed by atoms with Gasteiger partial charge in [-0.15, -0.1) is 0 Å². The molecule has 6 nitrogen and oxygen atoms in total. The Bertz CT molecular complexity index is 1190. The fourth-order valence-electron chi connectivity index (χ4n) is 2.78. The highest BCUT2D eigenvalue weighted by molar-refractivity contribution is 7.92. The molecule has 0 aromatic heterocycles. The molecule has 0 spiro atoms. The Morgan fingerprint density at radius 1 is 0.967 bits per heavy atom. The van der Waals surface area contributed by atoms with Gasteiger partial charge in [-0.2, -0.15) is 0 Å². The van der Waals surface area contributed by atoms with E-state index in [1.165, 1.54) is 25.3 Å². The lowest BCUT2D eigenvalue weighted by atomic mass is 10.2. The number of para-hydroxylation sites is 2. The number of ether oxygens (including phenoxy) is 1. The van der Waals surface area contributed by atoms with Gasteiger partial charge in [0.05, 0.1) is 17.7 Å². The Labute approximate surface area is 172 Å². The minimum absolute atomic E-state index is 0.0726. The molecule has 3 rings (SSSR count). The van der Waals surface area contributed by atoms with Crippen LogP contribution in [0.2, 0.25) is 0 Å². The number of carbonyl (C=O) groups is 1. The van der Waals surface area contributed by atoms with Crippen molar-refractivity contribution in [2.45, 2.75) is 11.8 Å². The lowest BCUT2D eigenvalue weighted by Gasteiger charge is -2.14. The quantitative estimate of drug-likeness (QED) is 0.607. The third kappa shape index (κ3) is 4.74. The topological polar surface area (TPSA) is 84.5 Å². The Hall–Kier alpha value is -3.46. The highest BCUT2D eigenvalue weighted by Gasteiger charge is 2.20. The minimum atomic E-state index is -4.01. The Kier molecular flexibility index (Phi) is 6.02. The molecule has 2 N–H and O–H groups in total. The molecule has 3 aromatic rings. The number of nitrogens with one attached hydrogen (secondary N) is 2. The number of rotatable bonds is 6. The van der Waals surface area contributed by atoms with Crippen molar-refractivity contribution < 1.29 is 26.7 Å². The molecular formula is C21H18F2N2O4S. The molecule has 0 unspecified atom stereocenters. The highest BCUT2D eigenvalue weighted by Crippen LogP contribution is 2.28. The van der Waals surface area contributed by atoms with Crippen LogP contribution in [0, 0.1) is 18.6 Å². The fraction of sp³-hybridized carbons (Fsp3) is 0.0952. The lowest BCUT2D eigenvalue weighted by molar-refractivity contribution is 0.102. The number of amides is 1. The second kappa shape index (κ2) is 8.50. The van der Waals surface area contributed by atoms with Crippen LogP contribution in [-0.4, -0.2) is 21.4 Å². The first kappa shape index (κ1) is 21.3. The summed E-state index contributed by atoms with van der Waals surface area (Å²) in [5.41, 5.74) is 0.608. The summed E-state index contributed by atoms with van der Waals surface area (Å²) in [5, 5.41) is 2.45. The van der Waals surface area contributed by atoms with Crippen molar-refractivity contribution in [1.29, 1.82) is 0 Å². The second-order valence-electron chi connectivity index (χ2n) is 6.40. The Morgan fingerprint density at radius 3 is 2.30 bits per heavy atom. The molecule has 156 valence electrons. The van der Waals surface area contributed by atoms with Crippen molar-refractivity contribution in [1.82, 2.24) is 0 Å². The first-order chi connectivity index (χ1) is 14.2. The van der Waals surface area contributed by atoms with Gasteiger partial charge in [0.1, 0.15) is 17.4 Å². The first-order valence-electron chi connectivity index (χ1n) is 8.73. The largest absolute Gasteiger partial charge is 0.495 e. The number of benzene rings is 3. The molecule has 30 heavy (non-hydrogen) atoms. The zero-order valence-corrected chi connectivity index (χ0v) is 16.9. The van der Waals surface area contributed by atoms with E-state index in [1.807, 2.05) is 0 Å². The Morgan fingerprint density at radius 2 is 1.63 bits per heavy atom. The summed E-state index contributed by atoms with van der Waals surface area (Å²) in [4.78, 5) is 12.2. The number of aryl methyl sites for hydroxylation is 1. The molecule has 0 saturated carbocycles. The molecule has 0 bridgehead atoms. The molecule has 3 aromatic carbocycles. The van der Waals surface area contributed by atoms with E-state index in [9.17, 15) is 22.0 Å². The number of anilines is 2. The number of sulfonamides is 1. The van der Waals surface area contributed by atoms with E-state index >= 15 is 0 Å². The average molecular weight is 432 g/mol. The van der Waals surface area contributed by atoms with E-state index in [0.29, 0.717) is 17.4 Å². The molecular weight excluding hydrogens is 414 g/mol. The van der Waals surface area contributed by atoms with Crippen molar-refractivity contribution in [3.8, 4) is 5.75 Å². The summed E-state index contributed by atoms with van der Waals surface area (Å²) < 4.78 is 60.1. The molecule has 0 heterocycles. The first-order valence-corrected chi connectivity index (χ1v) is 10.2. The standard InChI is InChI=1S/C21H18F2N2O4S/c1-13-7-8-17(24-21(26)14-9-15(22)11-16(23)10-14)12-20(13)30(27,28)25-18-5-3-4-6-19(18)29-2/h3-12,25H,1-2H3,(H,24,26). The van der Waals surface area contributed by atoms with Gasteiger partial charge in [0.15, 0.2) is 0 Å². The lowest BCUT2D eigenvalue weighted by Crippen LogP contribution is -2.17. The second-order valence-corrected chi connectivity index (χ2v) is 8.05. The zero-order chi connectivity index (χ0) is 21.9. The van der Waals surface area contributed by atoms with Gasteiger partial charge >= 0.3 is 0 Å². The van der Waals surface area contributed by atoms with Crippen molar-refractivity contribution in [3.05, 3.63) is 83.4 Å². The normalized spacial score (nSPS) is 11.1. The Balaban J connectivity index is 1.90. The number of halogens is 2. The van der Waals surface area contributed by atoms with Crippen LogP contribution < -0.4 is 14.8 Å². The maximum absolute atomic E-state index is 13.4. The van der Waals surface area contributed by atoms with Crippen molar-refractivity contribution in [2.24, 2.45) is 0 Å². The van der Waals surface area contributed by atoms with Crippen LogP contribution in [-0.2, 0) is 10.0 Å². The highest BCUT2D eigenvalue weighted by atomic mass is 32.2. The van der Waals surface area contributed by atoms with Gasteiger partial charge in [-0.05, 0) is 48.9 Å². The van der Waals surface area contributed by atoms with Crippen molar-refractivity contribution >= 4 is 27.3 Å². The third-order valence-corrected chi connectivity index (χ3v) is 5.72. The average Bonchev–Trinajstić information content (AvgIpc) is 2.68. The van der Waals surface area contributed by atoms with Gasteiger partial charge in [0.25, 0.3) is 15.9 Å². The number of carbonyl (C=O) groups excluding carboxylic acids is 1. The van der Waals surface area contributed by atoms with Crippen LogP contribution in [0.15, 0.2) is 65.6 Å². The zero-order valence-electron chi connectivity index (χ0n) is 16.1. The van der Waals surface area contributed by atoms with Gasteiger partial charge in [0, 0.05) is 17.3 Å². The van der Waals surface area contributed by atoms with E-state index in [4.69, 9.17) is 4.74 Å². The summed E-state index contributed by atoms with van der Waals surface area (Å²) in [7, 11) is -2.59. The molecule has 1 amide bonds. The van der Waals surface area contributed by atoms with E-state index in [0.717, 1.165) is 12.1 Å². The summed E-state index contributed by atoms with van der Waals surface area (Å²) in [5.74, 6) is -2.23. The van der Waals surface area contributed by atoms with E-state index < -0.39 is 27.6 Å². The summed E-state index contributed by atoms with van der Waals surface area (Å²) in [6, 6.07) is 13.2. The van der Waals surface area contributed by atoms with Crippen molar-refractivity contribution in [2.75, 3.05) is 17.1 Å². The molecule has 0 aliphatic rings. The molecule has 0 fully saturated rings. The molecule has 0 aliphatic carbocycles. The van der Waals surface area contributed by atoms with Crippen LogP contribution in [0.25, 0.3) is 0 Å². The number of hydrogen-bond acceptors (Lipinski definition) is 4. The van der Waals surface area contributed by atoms with Crippen LogP contribution in [0.3, 0.4) is 0 Å². The number of methoxy groups -OCH3 is 1. The molecule has 9 heteroatoms. The molecule has 0 atom stereocenters. The smallest absolute Gasteiger partial charge is 0.262 e. The molecule has 0 aliphatic heterocycles. The van der Waals surface area contributed by atoms with Crippen LogP contribution in [0.1, 0.15) is 15.9 Å². The van der Waals surface area contributed by atoms with Gasteiger partial charge < -0.3 is 10.1 Å². The van der Waals surface area contributed by atoms with Gasteiger partial charge in [0.2, 0.25) is 0 Å². The van der Waals surface area contributed by atoms with E-state index in [-0.39, 0.29) is 21.8 Å². The molecule has 0 radical (unpaired) electrons. The molecule has 0 saturated heterocycles. The maximum Gasteiger partial charge on any atom is 0.262 e. The minimum Gasteiger partial charge on any atom is -0.495 e. The number of hydrogen-bond donors (Lipinski definition) is 2. The van der Waals surface area contributed by atoms with Gasteiger partial charge in [-0.3, -0.25) is 9.52 Å². The monoisotopic (exact) mass is 432 g/mol. The van der Waals surface area contributed by atoms with E-state index in [2.05, 4.69) is 10.0 Å². The van der Waals surface area contributed by atoms with Crippen LogP contribution in [0.5, 0.6) is 5.75 Å². The van der Waals surface area contributed by atoms with Crippen molar-refractivity contribution in [3.63, 3.8) is 0 Å². The van der Waals surface area contributed by atoms with E-state index in [1.54, 1.807) is 31.2 Å². The summed E-state index contributed by atoms with van der Waals surface area (Å²) in [6.07, 6.45) is 0. The predicted molar refractivity (Wildman–Crippen MR) is 109 cm³/mol. The third-order valence-electron chi connectivity index (χ3n) is 4.21. The van der Waals surface area contributed by atoms with Crippen LogP contribution >= 0.6 is 0 Å². The fourth-order valence-corrected chi connectivity index (χ4v) is 4.13. The van der Waals surface area contributed by atoms with Crippen LogP contribution in [0.4, 0.5) is 20.2 Å². The van der Waals surface area contributed by atoms with Gasteiger partial charge in [-0.1, -0.05) is 18.2 Å². The summed E-state index contributed by atoms with van der Waals surface area (Å²) >= 11 is 0. The predicted octanol–water partition coefficient (Wildman–Crippen LogP) is 4.33.